The van der Waals surface area contributed by atoms with Crippen molar-refractivity contribution < 1.29 is 17.9 Å². The number of benzene rings is 2. The minimum atomic E-state index is -3.43. The number of nitrogens with one attached hydrogen (secondary N) is 2. The van der Waals surface area contributed by atoms with Gasteiger partial charge in [-0.25, -0.2) is 18.1 Å². The number of methoxy groups -OCH3 is 1. The normalized spacial score (nSPS) is 11.1. The fraction of sp³-hybridized carbons (Fsp3) is 0.143. The number of hydrogen-bond acceptors (Lipinski definition) is 6. The fourth-order valence-electron chi connectivity index (χ4n) is 2.58. The molecule has 0 radical (unpaired) electrons. The van der Waals surface area contributed by atoms with Crippen LogP contribution in [0.15, 0.2) is 66.6 Å². The van der Waals surface area contributed by atoms with Gasteiger partial charge in [-0.3, -0.25) is 4.79 Å². The summed E-state index contributed by atoms with van der Waals surface area (Å²) in [4.78, 5) is 16.9. The van der Waals surface area contributed by atoms with Gasteiger partial charge in [0.1, 0.15) is 16.5 Å². The van der Waals surface area contributed by atoms with Crippen LogP contribution in [0.5, 0.6) is 5.75 Å². The standard InChI is InChI=1S/C21H21N3O4S2/c1-3-12-22-30(26,27)14-15-4-8-17(9-5-15)23-20(25)19-13-29-21(24-19)16-6-10-18(28-2)11-7-16/h3-11,13,22H,1,12,14H2,2H3,(H,23,25). The molecule has 9 heteroatoms. The summed E-state index contributed by atoms with van der Waals surface area (Å²) >= 11 is 1.38. The van der Waals surface area contributed by atoms with Gasteiger partial charge in [0.25, 0.3) is 5.91 Å². The molecule has 3 rings (SSSR count). The summed E-state index contributed by atoms with van der Waals surface area (Å²) in [6.07, 6.45) is 1.48. The van der Waals surface area contributed by atoms with Gasteiger partial charge in [0.15, 0.2) is 0 Å². The van der Waals surface area contributed by atoms with Crippen LogP contribution in [-0.2, 0) is 15.8 Å². The molecule has 1 aromatic heterocycles. The van der Waals surface area contributed by atoms with E-state index in [1.165, 1.54) is 17.4 Å². The minimum Gasteiger partial charge on any atom is -0.497 e. The highest BCUT2D eigenvalue weighted by Gasteiger charge is 2.13. The van der Waals surface area contributed by atoms with Crippen molar-refractivity contribution in [2.45, 2.75) is 5.75 Å². The van der Waals surface area contributed by atoms with Crippen molar-refractivity contribution in [3.63, 3.8) is 0 Å². The second-order valence-electron chi connectivity index (χ2n) is 6.31. The Balaban J connectivity index is 1.63. The van der Waals surface area contributed by atoms with E-state index >= 15 is 0 Å². The number of hydrogen-bond donors (Lipinski definition) is 2. The molecule has 0 atom stereocenters. The zero-order valence-corrected chi connectivity index (χ0v) is 17.9. The lowest BCUT2D eigenvalue weighted by Crippen LogP contribution is -2.25. The summed E-state index contributed by atoms with van der Waals surface area (Å²) in [5.41, 5.74) is 2.38. The average molecular weight is 444 g/mol. The largest absolute Gasteiger partial charge is 0.497 e. The van der Waals surface area contributed by atoms with Crippen LogP contribution < -0.4 is 14.8 Å². The third-order valence-corrected chi connectivity index (χ3v) is 6.30. The summed E-state index contributed by atoms with van der Waals surface area (Å²) in [6, 6.07) is 14.1. The van der Waals surface area contributed by atoms with E-state index in [4.69, 9.17) is 4.74 Å². The minimum absolute atomic E-state index is 0.146. The quantitative estimate of drug-likeness (QED) is 0.492. The SMILES string of the molecule is C=CCNS(=O)(=O)Cc1ccc(NC(=O)c2csc(-c3ccc(OC)cc3)n2)cc1. The van der Waals surface area contributed by atoms with Gasteiger partial charge in [-0.1, -0.05) is 18.2 Å². The topological polar surface area (TPSA) is 97.4 Å². The van der Waals surface area contributed by atoms with Crippen LogP contribution in [0, 0.1) is 0 Å². The Morgan fingerprint density at radius 2 is 1.87 bits per heavy atom. The van der Waals surface area contributed by atoms with E-state index in [0.717, 1.165) is 16.3 Å². The Morgan fingerprint density at radius 3 is 2.50 bits per heavy atom. The molecule has 0 fully saturated rings. The van der Waals surface area contributed by atoms with E-state index in [2.05, 4.69) is 21.6 Å². The molecule has 0 aliphatic rings. The van der Waals surface area contributed by atoms with Crippen LogP contribution in [0.4, 0.5) is 5.69 Å². The Hall–Kier alpha value is -3.01. The lowest BCUT2D eigenvalue weighted by Gasteiger charge is -2.07. The van der Waals surface area contributed by atoms with E-state index in [9.17, 15) is 13.2 Å². The highest BCUT2D eigenvalue weighted by Crippen LogP contribution is 2.26. The number of aromatic nitrogens is 1. The Labute approximate surface area is 179 Å². The number of sulfonamides is 1. The van der Waals surface area contributed by atoms with Gasteiger partial charge >= 0.3 is 0 Å². The van der Waals surface area contributed by atoms with E-state index in [1.54, 1.807) is 36.8 Å². The first kappa shape index (κ1) is 21.7. The van der Waals surface area contributed by atoms with Crippen molar-refractivity contribution in [3.8, 4) is 16.3 Å². The molecule has 0 spiro atoms. The van der Waals surface area contributed by atoms with Gasteiger partial charge in [-0.2, -0.15) is 0 Å². The molecular weight excluding hydrogens is 422 g/mol. The molecule has 0 saturated heterocycles. The second kappa shape index (κ2) is 9.66. The van der Waals surface area contributed by atoms with Crippen LogP contribution >= 0.6 is 11.3 Å². The smallest absolute Gasteiger partial charge is 0.275 e. The number of thiazole rings is 1. The zero-order chi connectivity index (χ0) is 21.6. The predicted molar refractivity (Wildman–Crippen MR) is 119 cm³/mol. The van der Waals surface area contributed by atoms with Crippen molar-refractivity contribution in [2.75, 3.05) is 19.0 Å². The Bertz CT molecular complexity index is 1120. The number of carbonyl (C=O) groups is 1. The van der Waals surface area contributed by atoms with Crippen LogP contribution in [0.2, 0.25) is 0 Å². The average Bonchev–Trinajstić information content (AvgIpc) is 3.24. The first-order valence-corrected chi connectivity index (χ1v) is 11.5. The molecule has 7 nitrogen and oxygen atoms in total. The van der Waals surface area contributed by atoms with Gasteiger partial charge in [-0.05, 0) is 42.0 Å². The van der Waals surface area contributed by atoms with Crippen LogP contribution in [0.1, 0.15) is 16.1 Å². The monoisotopic (exact) mass is 443 g/mol. The van der Waals surface area contributed by atoms with Gasteiger partial charge in [0.05, 0.1) is 12.9 Å². The molecule has 0 saturated carbocycles. The van der Waals surface area contributed by atoms with Crippen molar-refractivity contribution >= 4 is 33.0 Å². The zero-order valence-electron chi connectivity index (χ0n) is 16.3. The van der Waals surface area contributed by atoms with Crippen LogP contribution in [0.3, 0.4) is 0 Å². The molecule has 0 unspecified atom stereocenters. The number of anilines is 1. The molecule has 1 heterocycles. The maximum absolute atomic E-state index is 12.5. The number of carbonyl (C=O) groups excluding carboxylic acids is 1. The molecule has 2 N–H and O–H groups in total. The summed E-state index contributed by atoms with van der Waals surface area (Å²) in [5.74, 6) is 0.270. The van der Waals surface area contributed by atoms with E-state index in [1.807, 2.05) is 24.3 Å². The number of rotatable bonds is 9. The van der Waals surface area contributed by atoms with Gasteiger partial charge in [0, 0.05) is 23.2 Å². The molecule has 30 heavy (non-hydrogen) atoms. The molecule has 156 valence electrons. The van der Waals surface area contributed by atoms with E-state index < -0.39 is 10.0 Å². The van der Waals surface area contributed by atoms with Crippen molar-refractivity contribution in [2.24, 2.45) is 0 Å². The van der Waals surface area contributed by atoms with E-state index in [-0.39, 0.29) is 18.2 Å². The van der Waals surface area contributed by atoms with Crippen molar-refractivity contribution in [3.05, 3.63) is 77.8 Å². The van der Waals surface area contributed by atoms with E-state index in [0.29, 0.717) is 16.9 Å². The molecule has 3 aromatic rings. The fourth-order valence-corrected chi connectivity index (χ4v) is 4.49. The number of ether oxygens (including phenoxy) is 1. The van der Waals surface area contributed by atoms with Crippen LogP contribution in [-0.4, -0.2) is 33.0 Å². The highest BCUT2D eigenvalue weighted by molar-refractivity contribution is 7.88. The van der Waals surface area contributed by atoms with Gasteiger partial charge in [-0.15, -0.1) is 17.9 Å². The van der Waals surface area contributed by atoms with Gasteiger partial charge < -0.3 is 10.1 Å². The molecule has 0 bridgehead atoms. The molecule has 0 aliphatic heterocycles. The highest BCUT2D eigenvalue weighted by atomic mass is 32.2. The molecule has 2 aromatic carbocycles. The number of nitrogens with zero attached hydrogens (tertiary/aromatic N) is 1. The van der Waals surface area contributed by atoms with Gasteiger partial charge in [0.2, 0.25) is 10.0 Å². The summed E-state index contributed by atoms with van der Waals surface area (Å²) in [7, 11) is -1.83. The van der Waals surface area contributed by atoms with Crippen molar-refractivity contribution in [1.29, 1.82) is 0 Å². The third kappa shape index (κ3) is 5.76. The number of amides is 1. The molecular formula is C21H21N3O4S2. The summed E-state index contributed by atoms with van der Waals surface area (Å²) in [5, 5.41) is 5.20. The third-order valence-electron chi connectivity index (χ3n) is 4.09. The first-order valence-electron chi connectivity index (χ1n) is 8.98. The maximum atomic E-state index is 12.5. The maximum Gasteiger partial charge on any atom is 0.275 e. The van der Waals surface area contributed by atoms with Crippen molar-refractivity contribution in [1.82, 2.24) is 9.71 Å². The molecule has 1 amide bonds. The lowest BCUT2D eigenvalue weighted by atomic mass is 10.2. The lowest BCUT2D eigenvalue weighted by molar-refractivity contribution is 0.102. The second-order valence-corrected chi connectivity index (χ2v) is 8.98. The molecule has 0 aliphatic carbocycles. The summed E-state index contributed by atoms with van der Waals surface area (Å²) < 4.78 is 31.4. The Kier molecular flexibility index (Phi) is 6.99. The van der Waals surface area contributed by atoms with Crippen LogP contribution in [0.25, 0.3) is 10.6 Å². The first-order chi connectivity index (χ1) is 14.4. The predicted octanol–water partition coefficient (Wildman–Crippen LogP) is 3.68. The Morgan fingerprint density at radius 1 is 1.17 bits per heavy atom. The summed E-state index contributed by atoms with van der Waals surface area (Å²) in [6.45, 7) is 3.67.